The number of rotatable bonds is 9. The van der Waals surface area contributed by atoms with Crippen molar-refractivity contribution in [2.75, 3.05) is 13.1 Å². The zero-order valence-electron chi connectivity index (χ0n) is 12.4. The smallest absolute Gasteiger partial charge is 0.407 e. The normalized spacial score (nSPS) is 9.74. The van der Waals surface area contributed by atoms with E-state index in [4.69, 9.17) is 9.84 Å². The number of ether oxygens (including phenoxy) is 1. The summed E-state index contributed by atoms with van der Waals surface area (Å²) in [5, 5.41) is 12.8. The van der Waals surface area contributed by atoms with Crippen molar-refractivity contribution in [3.8, 4) is 0 Å². The standard InChI is InChI=1S/C15H18N2O6/c18-12(6-7-13(19)16-9-14(20)21)8-17-15(22)23-10-11-4-2-1-3-5-11/h1-5H,6-10H2,(H,16,19)(H,17,22)(H,20,21). The first-order chi connectivity index (χ1) is 11.0. The molecule has 23 heavy (non-hydrogen) atoms. The molecule has 0 unspecified atom stereocenters. The summed E-state index contributed by atoms with van der Waals surface area (Å²) < 4.78 is 4.92. The van der Waals surface area contributed by atoms with Gasteiger partial charge in [0, 0.05) is 12.8 Å². The first-order valence-electron chi connectivity index (χ1n) is 6.92. The van der Waals surface area contributed by atoms with Gasteiger partial charge < -0.3 is 20.5 Å². The van der Waals surface area contributed by atoms with Crippen LogP contribution in [0.2, 0.25) is 0 Å². The van der Waals surface area contributed by atoms with Crippen LogP contribution in [0, 0.1) is 0 Å². The van der Waals surface area contributed by atoms with Gasteiger partial charge in [-0.25, -0.2) is 4.79 Å². The maximum Gasteiger partial charge on any atom is 0.407 e. The summed E-state index contributed by atoms with van der Waals surface area (Å²) in [7, 11) is 0. The Balaban J connectivity index is 2.14. The largest absolute Gasteiger partial charge is 0.480 e. The molecule has 8 nitrogen and oxygen atoms in total. The highest BCUT2D eigenvalue weighted by molar-refractivity contribution is 5.88. The average Bonchev–Trinajstić information content (AvgIpc) is 2.55. The van der Waals surface area contributed by atoms with Crippen LogP contribution in [0.15, 0.2) is 30.3 Å². The van der Waals surface area contributed by atoms with Crippen molar-refractivity contribution in [2.45, 2.75) is 19.4 Å². The number of carboxylic acids is 1. The van der Waals surface area contributed by atoms with E-state index in [2.05, 4.69) is 10.6 Å². The Hall–Kier alpha value is -2.90. The Bertz CT molecular complexity index is 558. The second-order valence-electron chi connectivity index (χ2n) is 4.62. The van der Waals surface area contributed by atoms with Gasteiger partial charge in [0.2, 0.25) is 5.91 Å². The molecule has 0 bridgehead atoms. The van der Waals surface area contributed by atoms with Crippen molar-refractivity contribution in [1.29, 1.82) is 0 Å². The zero-order chi connectivity index (χ0) is 17.1. The molecule has 0 saturated heterocycles. The van der Waals surface area contributed by atoms with Crippen molar-refractivity contribution in [3.05, 3.63) is 35.9 Å². The molecule has 1 aromatic carbocycles. The molecule has 1 rings (SSSR count). The molecule has 2 amide bonds. The van der Waals surface area contributed by atoms with Crippen LogP contribution < -0.4 is 10.6 Å². The van der Waals surface area contributed by atoms with Crippen LogP contribution in [-0.2, 0) is 25.7 Å². The highest BCUT2D eigenvalue weighted by Gasteiger charge is 2.10. The number of hydrogen-bond donors (Lipinski definition) is 3. The summed E-state index contributed by atoms with van der Waals surface area (Å²) in [5.41, 5.74) is 0.823. The number of alkyl carbamates (subject to hydrolysis) is 1. The third-order valence-corrected chi connectivity index (χ3v) is 2.71. The number of Topliss-reactive ketones (excluding diaryl/α,β-unsaturated/α-hetero) is 1. The number of nitrogens with one attached hydrogen (secondary N) is 2. The molecular weight excluding hydrogens is 304 g/mol. The third kappa shape index (κ3) is 8.86. The Kier molecular flexibility index (Phi) is 7.84. The second kappa shape index (κ2) is 9.93. The quantitative estimate of drug-likeness (QED) is 0.607. The molecule has 8 heteroatoms. The topological polar surface area (TPSA) is 122 Å². The maximum atomic E-state index is 11.5. The number of aliphatic carboxylic acids is 1. The van der Waals surface area contributed by atoms with E-state index in [9.17, 15) is 19.2 Å². The lowest BCUT2D eigenvalue weighted by Crippen LogP contribution is -2.32. The lowest BCUT2D eigenvalue weighted by Gasteiger charge is -2.06. The van der Waals surface area contributed by atoms with E-state index in [0.717, 1.165) is 5.56 Å². The van der Waals surface area contributed by atoms with Crippen LogP contribution in [0.3, 0.4) is 0 Å². The van der Waals surface area contributed by atoms with E-state index in [1.807, 2.05) is 18.2 Å². The minimum atomic E-state index is -1.16. The molecule has 1 aromatic rings. The number of amides is 2. The van der Waals surface area contributed by atoms with E-state index in [1.165, 1.54) is 0 Å². The van der Waals surface area contributed by atoms with Crippen molar-refractivity contribution < 1.29 is 29.0 Å². The Labute approximate surface area is 132 Å². The van der Waals surface area contributed by atoms with Gasteiger partial charge in [0.25, 0.3) is 0 Å². The first kappa shape index (κ1) is 18.1. The van der Waals surface area contributed by atoms with E-state index in [-0.39, 0.29) is 31.8 Å². The highest BCUT2D eigenvalue weighted by Crippen LogP contribution is 2.00. The van der Waals surface area contributed by atoms with Crippen LogP contribution in [-0.4, -0.2) is 41.9 Å². The van der Waals surface area contributed by atoms with Gasteiger partial charge in [0.05, 0.1) is 6.54 Å². The van der Waals surface area contributed by atoms with Gasteiger partial charge in [0.15, 0.2) is 5.78 Å². The van der Waals surface area contributed by atoms with Crippen molar-refractivity contribution in [2.24, 2.45) is 0 Å². The summed E-state index contributed by atoms with van der Waals surface area (Å²) in [5.74, 6) is -2.05. The van der Waals surface area contributed by atoms with Crippen molar-refractivity contribution in [1.82, 2.24) is 10.6 Å². The minimum Gasteiger partial charge on any atom is -0.480 e. The molecule has 0 aliphatic rings. The molecule has 0 aliphatic heterocycles. The number of hydrogen-bond acceptors (Lipinski definition) is 5. The summed E-state index contributed by atoms with van der Waals surface area (Å²) >= 11 is 0. The predicted octanol–water partition coefficient (Wildman–Crippen LogP) is 0.463. The molecular formula is C15H18N2O6. The van der Waals surface area contributed by atoms with Crippen LogP contribution in [0.5, 0.6) is 0 Å². The van der Waals surface area contributed by atoms with Gasteiger partial charge in [0.1, 0.15) is 13.2 Å². The van der Waals surface area contributed by atoms with E-state index in [1.54, 1.807) is 12.1 Å². The van der Waals surface area contributed by atoms with E-state index >= 15 is 0 Å². The highest BCUT2D eigenvalue weighted by atomic mass is 16.5. The number of carbonyl (C=O) groups is 4. The summed E-state index contributed by atoms with van der Waals surface area (Å²) in [4.78, 5) is 44.4. The van der Waals surface area contributed by atoms with Gasteiger partial charge in [-0.1, -0.05) is 30.3 Å². The van der Waals surface area contributed by atoms with Crippen LogP contribution in [0.1, 0.15) is 18.4 Å². The summed E-state index contributed by atoms with van der Waals surface area (Å²) in [6.07, 6.45) is -0.949. The molecule has 3 N–H and O–H groups in total. The molecule has 0 aliphatic carbocycles. The Morgan fingerprint density at radius 1 is 0.957 bits per heavy atom. The van der Waals surface area contributed by atoms with E-state index < -0.39 is 24.5 Å². The minimum absolute atomic E-state index is 0.0928. The Morgan fingerprint density at radius 2 is 1.65 bits per heavy atom. The van der Waals surface area contributed by atoms with Crippen LogP contribution in [0.4, 0.5) is 4.79 Å². The second-order valence-corrected chi connectivity index (χ2v) is 4.62. The molecule has 0 saturated carbocycles. The lowest BCUT2D eigenvalue weighted by atomic mass is 10.2. The van der Waals surface area contributed by atoms with Gasteiger partial charge in [-0.2, -0.15) is 0 Å². The number of ketones is 1. The number of benzene rings is 1. The SMILES string of the molecule is O=C(O)CNC(=O)CCC(=O)CNC(=O)OCc1ccccc1. The number of carbonyl (C=O) groups excluding carboxylic acids is 3. The molecule has 0 fully saturated rings. The molecule has 124 valence electrons. The van der Waals surface area contributed by atoms with E-state index in [0.29, 0.717) is 0 Å². The Morgan fingerprint density at radius 3 is 2.30 bits per heavy atom. The molecule has 0 radical (unpaired) electrons. The van der Waals surface area contributed by atoms with Crippen molar-refractivity contribution >= 4 is 23.8 Å². The molecule has 0 heterocycles. The summed E-state index contributed by atoms with van der Waals surface area (Å²) in [6, 6.07) is 9.07. The fourth-order valence-corrected chi connectivity index (χ4v) is 1.55. The van der Waals surface area contributed by atoms with Crippen molar-refractivity contribution in [3.63, 3.8) is 0 Å². The first-order valence-corrected chi connectivity index (χ1v) is 6.92. The summed E-state index contributed by atoms with van der Waals surface area (Å²) in [6.45, 7) is -0.643. The average molecular weight is 322 g/mol. The predicted molar refractivity (Wildman–Crippen MR) is 79.5 cm³/mol. The zero-order valence-corrected chi connectivity index (χ0v) is 12.4. The lowest BCUT2D eigenvalue weighted by molar-refractivity contribution is -0.138. The van der Waals surface area contributed by atoms with Crippen LogP contribution >= 0.6 is 0 Å². The molecule has 0 spiro atoms. The van der Waals surface area contributed by atoms with Crippen LogP contribution in [0.25, 0.3) is 0 Å². The fraction of sp³-hybridized carbons (Fsp3) is 0.333. The fourth-order valence-electron chi connectivity index (χ4n) is 1.55. The third-order valence-electron chi connectivity index (χ3n) is 2.71. The molecule has 0 aromatic heterocycles. The number of carboxylic acid groups (broad SMARTS) is 1. The van der Waals surface area contributed by atoms with Gasteiger partial charge in [-0.05, 0) is 5.56 Å². The molecule has 0 atom stereocenters. The monoisotopic (exact) mass is 322 g/mol. The van der Waals surface area contributed by atoms with Gasteiger partial charge in [-0.3, -0.25) is 14.4 Å². The van der Waals surface area contributed by atoms with Gasteiger partial charge in [-0.15, -0.1) is 0 Å². The maximum absolute atomic E-state index is 11.5. The van der Waals surface area contributed by atoms with Gasteiger partial charge >= 0.3 is 12.1 Å².